The number of carbonyl (C=O) groups excluding carboxylic acids is 2. The van der Waals surface area contributed by atoms with Gasteiger partial charge < -0.3 is 23.7 Å². The Kier molecular flexibility index (Phi) is 11.4. The summed E-state index contributed by atoms with van der Waals surface area (Å²) in [5.74, 6) is -0.195. The van der Waals surface area contributed by atoms with E-state index in [1.165, 1.54) is 7.11 Å². The average molecular weight is 497 g/mol. The van der Waals surface area contributed by atoms with Crippen molar-refractivity contribution in [3.63, 3.8) is 0 Å². The highest BCUT2D eigenvalue weighted by Gasteiger charge is 2.41. The largest absolute Gasteiger partial charge is 0.497 e. The van der Waals surface area contributed by atoms with Crippen LogP contribution < -0.4 is 4.74 Å². The topological polar surface area (TPSA) is 91.3 Å². The van der Waals surface area contributed by atoms with Gasteiger partial charge in [0.15, 0.2) is 8.32 Å². The van der Waals surface area contributed by atoms with E-state index in [-0.39, 0.29) is 36.2 Å². The van der Waals surface area contributed by atoms with Crippen LogP contribution in [-0.4, -0.2) is 58.2 Å². The monoisotopic (exact) mass is 496 g/mol. The van der Waals surface area contributed by atoms with Crippen LogP contribution in [0.15, 0.2) is 24.3 Å². The van der Waals surface area contributed by atoms with Crippen LogP contribution in [-0.2, 0) is 30.1 Å². The minimum atomic E-state index is -1.98. The first-order valence-electron chi connectivity index (χ1n) is 11.8. The SMILES string of the molecule is COC(=O)CC(=O)C[C@@H](O)C[C@H](OCc1ccc(OC)cc1)C(C)(C)CO[Si](C)(C)C(C)(C)C. The Morgan fingerprint density at radius 1 is 1.03 bits per heavy atom. The summed E-state index contributed by atoms with van der Waals surface area (Å²) >= 11 is 0. The van der Waals surface area contributed by atoms with E-state index in [4.69, 9.17) is 13.9 Å². The fraction of sp³-hybridized carbons (Fsp3) is 0.692. The predicted molar refractivity (Wildman–Crippen MR) is 135 cm³/mol. The number of Topliss-reactive ketones (excluding diaryl/α,β-unsaturated/α-hetero) is 1. The van der Waals surface area contributed by atoms with Crippen molar-refractivity contribution in [3.8, 4) is 5.75 Å². The van der Waals surface area contributed by atoms with Gasteiger partial charge in [0.2, 0.25) is 0 Å². The molecule has 2 atom stereocenters. The average Bonchev–Trinajstić information content (AvgIpc) is 2.74. The van der Waals surface area contributed by atoms with E-state index in [0.29, 0.717) is 13.2 Å². The number of ether oxygens (including phenoxy) is 3. The molecule has 0 heterocycles. The zero-order chi connectivity index (χ0) is 26.2. The zero-order valence-corrected chi connectivity index (χ0v) is 23.4. The number of hydrogen-bond donors (Lipinski definition) is 1. The van der Waals surface area contributed by atoms with E-state index in [2.05, 4.69) is 52.4 Å². The predicted octanol–water partition coefficient (Wildman–Crippen LogP) is 4.90. The molecular weight excluding hydrogens is 452 g/mol. The van der Waals surface area contributed by atoms with Crippen LogP contribution in [0.4, 0.5) is 0 Å². The number of aliphatic hydroxyl groups excluding tert-OH is 1. The summed E-state index contributed by atoms with van der Waals surface area (Å²) in [7, 11) is 0.872. The summed E-state index contributed by atoms with van der Waals surface area (Å²) in [4.78, 5) is 23.5. The zero-order valence-electron chi connectivity index (χ0n) is 22.4. The molecule has 194 valence electrons. The van der Waals surface area contributed by atoms with Crippen molar-refractivity contribution in [2.45, 2.75) is 90.8 Å². The molecular formula is C26H44O7Si. The molecule has 0 aliphatic rings. The minimum Gasteiger partial charge on any atom is -0.497 e. The maximum absolute atomic E-state index is 12.1. The van der Waals surface area contributed by atoms with Crippen molar-refractivity contribution in [2.24, 2.45) is 5.41 Å². The highest BCUT2D eigenvalue weighted by Crippen LogP contribution is 2.39. The molecule has 0 saturated heterocycles. The fourth-order valence-electron chi connectivity index (χ4n) is 3.11. The molecule has 0 aromatic heterocycles. The summed E-state index contributed by atoms with van der Waals surface area (Å²) in [6.45, 7) is 15.9. The number of ketones is 1. The highest BCUT2D eigenvalue weighted by molar-refractivity contribution is 6.74. The third-order valence-corrected chi connectivity index (χ3v) is 11.1. The molecule has 34 heavy (non-hydrogen) atoms. The summed E-state index contributed by atoms with van der Waals surface area (Å²) in [5, 5.41) is 10.7. The van der Waals surface area contributed by atoms with Crippen molar-refractivity contribution in [2.75, 3.05) is 20.8 Å². The molecule has 8 heteroatoms. The molecule has 0 unspecified atom stereocenters. The number of aliphatic hydroxyl groups is 1. The molecule has 0 aliphatic heterocycles. The highest BCUT2D eigenvalue weighted by atomic mass is 28.4. The van der Waals surface area contributed by atoms with Crippen LogP contribution in [0, 0.1) is 5.41 Å². The number of methoxy groups -OCH3 is 2. The lowest BCUT2D eigenvalue weighted by molar-refractivity contribution is -0.143. The number of benzene rings is 1. The Balaban J connectivity index is 2.95. The molecule has 1 aromatic carbocycles. The van der Waals surface area contributed by atoms with Crippen molar-refractivity contribution >= 4 is 20.1 Å². The van der Waals surface area contributed by atoms with E-state index < -0.39 is 25.8 Å². The summed E-state index contributed by atoms with van der Waals surface area (Å²) < 4.78 is 22.5. The standard InChI is InChI=1S/C26H44O7Si/c1-25(2,3)34(8,9)33-18-26(4,5)23(15-20(27)14-21(28)16-24(29)31-7)32-17-19-10-12-22(30-6)13-11-19/h10-13,20,23,27H,14-18H2,1-9H3/t20-,23+/m1/s1. The first-order valence-corrected chi connectivity index (χ1v) is 14.7. The van der Waals surface area contributed by atoms with Gasteiger partial charge in [-0.15, -0.1) is 0 Å². The number of carbonyl (C=O) groups is 2. The van der Waals surface area contributed by atoms with Gasteiger partial charge in [-0.1, -0.05) is 46.8 Å². The second-order valence-corrected chi connectivity index (χ2v) is 15.9. The summed E-state index contributed by atoms with van der Waals surface area (Å²) in [6, 6.07) is 7.62. The van der Waals surface area contributed by atoms with Gasteiger partial charge in [0.05, 0.1) is 33.0 Å². The van der Waals surface area contributed by atoms with E-state index in [9.17, 15) is 14.7 Å². The maximum atomic E-state index is 12.1. The van der Waals surface area contributed by atoms with E-state index in [1.54, 1.807) is 7.11 Å². The smallest absolute Gasteiger partial charge is 0.313 e. The minimum absolute atomic E-state index is 0.0718. The number of esters is 1. The lowest BCUT2D eigenvalue weighted by Gasteiger charge is -2.41. The third-order valence-electron chi connectivity index (χ3n) is 6.61. The number of rotatable bonds is 14. The van der Waals surface area contributed by atoms with Crippen LogP contribution >= 0.6 is 0 Å². The van der Waals surface area contributed by atoms with Gasteiger partial charge >= 0.3 is 5.97 Å². The first-order chi connectivity index (χ1) is 15.6. The van der Waals surface area contributed by atoms with Crippen molar-refractivity contribution in [3.05, 3.63) is 29.8 Å². The van der Waals surface area contributed by atoms with Gasteiger partial charge in [-0.2, -0.15) is 0 Å². The van der Waals surface area contributed by atoms with Crippen LogP contribution in [0.3, 0.4) is 0 Å². The second kappa shape index (κ2) is 12.8. The maximum Gasteiger partial charge on any atom is 0.313 e. The molecule has 0 fully saturated rings. The van der Waals surface area contributed by atoms with Crippen molar-refractivity contribution < 1.29 is 33.3 Å². The number of hydrogen-bond acceptors (Lipinski definition) is 7. The van der Waals surface area contributed by atoms with Gasteiger partial charge in [-0.25, -0.2) is 0 Å². The summed E-state index contributed by atoms with van der Waals surface area (Å²) in [6.07, 6.45) is -1.54. The van der Waals surface area contributed by atoms with E-state index >= 15 is 0 Å². The fourth-order valence-corrected chi connectivity index (χ4v) is 4.27. The molecule has 0 aliphatic carbocycles. The Morgan fingerprint density at radius 3 is 2.12 bits per heavy atom. The Labute approximate surface area is 206 Å². The second-order valence-electron chi connectivity index (χ2n) is 11.1. The van der Waals surface area contributed by atoms with Crippen LogP contribution in [0.2, 0.25) is 18.1 Å². The lowest BCUT2D eigenvalue weighted by Crippen LogP contribution is -2.46. The molecule has 0 amide bonds. The molecule has 1 N–H and O–H groups in total. The van der Waals surface area contributed by atoms with Gasteiger partial charge in [-0.05, 0) is 35.8 Å². The Hall–Kier alpha value is -1.74. The van der Waals surface area contributed by atoms with Crippen LogP contribution in [0.25, 0.3) is 0 Å². The molecule has 0 radical (unpaired) electrons. The Morgan fingerprint density at radius 2 is 1.62 bits per heavy atom. The lowest BCUT2D eigenvalue weighted by atomic mass is 9.83. The third kappa shape index (κ3) is 9.86. The molecule has 1 aromatic rings. The van der Waals surface area contributed by atoms with Crippen LogP contribution in [0.5, 0.6) is 5.75 Å². The van der Waals surface area contributed by atoms with Gasteiger partial charge in [0.1, 0.15) is 18.0 Å². The molecule has 7 nitrogen and oxygen atoms in total. The Bertz CT molecular complexity index is 781. The van der Waals surface area contributed by atoms with E-state index in [1.807, 2.05) is 24.3 Å². The molecule has 0 saturated carbocycles. The first kappa shape index (κ1) is 30.3. The van der Waals surface area contributed by atoms with Crippen molar-refractivity contribution in [1.82, 2.24) is 0 Å². The van der Waals surface area contributed by atoms with Gasteiger partial charge in [-0.3, -0.25) is 9.59 Å². The quantitative estimate of drug-likeness (QED) is 0.222. The molecule has 0 bridgehead atoms. The normalized spacial score (nSPS) is 14.4. The van der Waals surface area contributed by atoms with Gasteiger partial charge in [0.25, 0.3) is 0 Å². The van der Waals surface area contributed by atoms with Gasteiger partial charge in [0, 0.05) is 24.9 Å². The molecule has 0 spiro atoms. The van der Waals surface area contributed by atoms with E-state index in [0.717, 1.165) is 11.3 Å². The summed E-state index contributed by atoms with van der Waals surface area (Å²) in [5.41, 5.74) is 0.553. The van der Waals surface area contributed by atoms with Crippen LogP contribution in [0.1, 0.15) is 59.4 Å². The van der Waals surface area contributed by atoms with Crippen molar-refractivity contribution in [1.29, 1.82) is 0 Å². The molecule has 1 rings (SSSR count).